The Kier molecular flexibility index (Phi) is 5.34. The summed E-state index contributed by atoms with van der Waals surface area (Å²) in [5, 5.41) is 12.0. The maximum absolute atomic E-state index is 12.2. The first-order chi connectivity index (χ1) is 12.2. The van der Waals surface area contributed by atoms with Crippen molar-refractivity contribution in [2.45, 2.75) is 38.1 Å². The molecule has 2 aliphatic rings. The number of nitrogens with one attached hydrogen (secondary N) is 1. The fraction of sp³-hybridized carbons (Fsp3) is 0.421. The van der Waals surface area contributed by atoms with Crippen molar-refractivity contribution in [1.82, 2.24) is 5.32 Å². The van der Waals surface area contributed by atoms with E-state index in [-0.39, 0.29) is 12.8 Å². The van der Waals surface area contributed by atoms with E-state index in [1.165, 1.54) is 12.5 Å². The van der Waals surface area contributed by atoms with Gasteiger partial charge in [0.2, 0.25) is 12.7 Å². The summed E-state index contributed by atoms with van der Waals surface area (Å²) >= 11 is 0. The number of ketones is 1. The zero-order chi connectivity index (χ0) is 17.6. The molecule has 0 bridgehead atoms. The van der Waals surface area contributed by atoms with Gasteiger partial charge in [-0.3, -0.25) is 9.59 Å². The predicted molar refractivity (Wildman–Crippen MR) is 90.7 cm³/mol. The number of rotatable bonds is 5. The number of ether oxygens (including phenoxy) is 2. The highest BCUT2D eigenvalue weighted by Crippen LogP contribution is 2.32. The first-order valence-corrected chi connectivity index (χ1v) is 8.49. The number of amides is 1. The molecule has 0 radical (unpaired) electrons. The van der Waals surface area contributed by atoms with Gasteiger partial charge in [-0.2, -0.15) is 5.26 Å². The number of fused-ring (bicyclic) bond motifs is 1. The van der Waals surface area contributed by atoms with E-state index in [1.807, 2.05) is 6.07 Å². The molecule has 0 spiro atoms. The third-order valence-corrected chi connectivity index (χ3v) is 4.46. The van der Waals surface area contributed by atoms with Crippen molar-refractivity contribution in [3.8, 4) is 17.6 Å². The lowest BCUT2D eigenvalue weighted by atomic mass is 9.94. The number of hydrogen-bond donors (Lipinski definition) is 1. The molecule has 1 saturated carbocycles. The monoisotopic (exact) mass is 340 g/mol. The minimum Gasteiger partial charge on any atom is -0.454 e. The van der Waals surface area contributed by atoms with Crippen LogP contribution in [0.1, 0.15) is 37.7 Å². The van der Waals surface area contributed by atoms with E-state index in [9.17, 15) is 14.9 Å². The number of hydrogen-bond acceptors (Lipinski definition) is 5. The molecule has 1 aromatic rings. The zero-order valence-corrected chi connectivity index (χ0v) is 13.9. The Balaban J connectivity index is 1.61. The molecule has 1 N–H and O–H groups in total. The van der Waals surface area contributed by atoms with Crippen molar-refractivity contribution in [2.75, 3.05) is 6.79 Å². The molecule has 1 aliphatic heterocycles. The lowest BCUT2D eigenvalue weighted by Crippen LogP contribution is -2.41. The van der Waals surface area contributed by atoms with Crippen LogP contribution in [0.5, 0.6) is 11.5 Å². The topological polar surface area (TPSA) is 88.4 Å². The summed E-state index contributed by atoms with van der Waals surface area (Å²) in [5.74, 6) is -1.07. The van der Waals surface area contributed by atoms with Gasteiger partial charge in [0.25, 0.3) is 0 Å². The van der Waals surface area contributed by atoms with Crippen LogP contribution < -0.4 is 14.8 Å². The van der Waals surface area contributed by atoms with E-state index in [1.54, 1.807) is 24.3 Å². The molecule has 3 rings (SSSR count). The second-order valence-corrected chi connectivity index (χ2v) is 6.25. The van der Waals surface area contributed by atoms with Crippen LogP contribution in [0.2, 0.25) is 0 Å². The van der Waals surface area contributed by atoms with E-state index in [2.05, 4.69) is 5.32 Å². The molecule has 6 heteroatoms. The lowest BCUT2D eigenvalue weighted by Gasteiger charge is -2.23. The minimum atomic E-state index is -1.31. The Labute approximate surface area is 146 Å². The number of nitrogens with zero attached hydrogens (tertiary/aromatic N) is 1. The second-order valence-electron chi connectivity index (χ2n) is 6.25. The Morgan fingerprint density at radius 1 is 1.20 bits per heavy atom. The molecular weight excluding hydrogens is 320 g/mol. The third kappa shape index (κ3) is 4.18. The van der Waals surface area contributed by atoms with Crippen molar-refractivity contribution in [3.05, 3.63) is 29.8 Å². The normalized spacial score (nSPS) is 17.9. The molecule has 6 nitrogen and oxygen atoms in total. The van der Waals surface area contributed by atoms with Gasteiger partial charge in [0.1, 0.15) is 0 Å². The molecule has 0 unspecified atom stereocenters. The zero-order valence-electron chi connectivity index (χ0n) is 13.9. The molecule has 1 atom stereocenters. The highest BCUT2D eigenvalue weighted by molar-refractivity contribution is 6.10. The van der Waals surface area contributed by atoms with Crippen LogP contribution in [0.3, 0.4) is 0 Å². The molecular formula is C19H20N2O4. The van der Waals surface area contributed by atoms with E-state index < -0.39 is 17.6 Å². The van der Waals surface area contributed by atoms with Crippen molar-refractivity contribution in [1.29, 1.82) is 5.26 Å². The number of nitriles is 1. The van der Waals surface area contributed by atoms with E-state index in [0.717, 1.165) is 31.2 Å². The van der Waals surface area contributed by atoms with Gasteiger partial charge in [0.15, 0.2) is 23.2 Å². The van der Waals surface area contributed by atoms with Crippen LogP contribution in [-0.4, -0.2) is 24.5 Å². The Bertz CT molecular complexity index is 729. The number of benzene rings is 1. The third-order valence-electron chi connectivity index (χ3n) is 4.46. The molecule has 1 fully saturated rings. The van der Waals surface area contributed by atoms with Gasteiger partial charge in [-0.05, 0) is 36.6 Å². The highest BCUT2D eigenvalue weighted by Gasteiger charge is 2.27. The van der Waals surface area contributed by atoms with Gasteiger partial charge in [-0.25, -0.2) is 0 Å². The highest BCUT2D eigenvalue weighted by atomic mass is 16.7. The van der Waals surface area contributed by atoms with Crippen molar-refractivity contribution in [2.24, 2.45) is 5.92 Å². The maximum atomic E-state index is 12.2. The SMILES string of the molecule is N#C[C@@H](C(=O)/C=C/c1ccc2c(c1)OCO2)C(=O)NC1CCCCC1. The Morgan fingerprint density at radius 2 is 1.96 bits per heavy atom. The van der Waals surface area contributed by atoms with Crippen LogP contribution in [0, 0.1) is 17.2 Å². The van der Waals surface area contributed by atoms with Crippen LogP contribution in [0.25, 0.3) is 6.08 Å². The Morgan fingerprint density at radius 3 is 2.72 bits per heavy atom. The molecule has 0 saturated heterocycles. The summed E-state index contributed by atoms with van der Waals surface area (Å²) < 4.78 is 10.5. The summed E-state index contributed by atoms with van der Waals surface area (Å²) in [4.78, 5) is 24.5. The lowest BCUT2D eigenvalue weighted by molar-refractivity contribution is -0.130. The van der Waals surface area contributed by atoms with E-state index >= 15 is 0 Å². The van der Waals surface area contributed by atoms with Crippen molar-refractivity contribution >= 4 is 17.8 Å². The fourth-order valence-corrected chi connectivity index (χ4v) is 3.07. The van der Waals surface area contributed by atoms with E-state index in [0.29, 0.717) is 11.5 Å². The van der Waals surface area contributed by atoms with Crippen molar-refractivity contribution < 1.29 is 19.1 Å². The van der Waals surface area contributed by atoms with Gasteiger partial charge >= 0.3 is 0 Å². The van der Waals surface area contributed by atoms with Crippen LogP contribution >= 0.6 is 0 Å². The average molecular weight is 340 g/mol. The summed E-state index contributed by atoms with van der Waals surface area (Å²) in [5.41, 5.74) is 0.738. The van der Waals surface area contributed by atoms with Crippen molar-refractivity contribution in [3.63, 3.8) is 0 Å². The maximum Gasteiger partial charge on any atom is 0.245 e. The number of allylic oxidation sites excluding steroid dienone is 1. The van der Waals surface area contributed by atoms with Crippen LogP contribution in [-0.2, 0) is 9.59 Å². The molecule has 1 heterocycles. The fourth-order valence-electron chi connectivity index (χ4n) is 3.07. The average Bonchev–Trinajstić information content (AvgIpc) is 3.09. The van der Waals surface area contributed by atoms with E-state index in [4.69, 9.17) is 9.47 Å². The number of carbonyl (C=O) groups excluding carboxylic acids is 2. The first-order valence-electron chi connectivity index (χ1n) is 8.49. The standard InChI is InChI=1S/C19H20N2O4/c20-11-15(19(23)21-14-4-2-1-3-5-14)16(22)8-6-13-7-9-17-18(10-13)25-12-24-17/h6-10,14-15H,1-5,12H2,(H,21,23)/b8-6+/t15-/m0/s1. The second kappa shape index (κ2) is 7.84. The van der Waals surface area contributed by atoms with Gasteiger partial charge in [0.05, 0.1) is 6.07 Å². The van der Waals surface area contributed by atoms with Gasteiger partial charge in [0, 0.05) is 6.04 Å². The predicted octanol–water partition coefficient (Wildman–Crippen LogP) is 2.59. The molecule has 1 amide bonds. The molecule has 0 aromatic heterocycles. The largest absolute Gasteiger partial charge is 0.454 e. The van der Waals surface area contributed by atoms with Gasteiger partial charge in [-0.1, -0.05) is 31.4 Å². The van der Waals surface area contributed by atoms with Crippen LogP contribution in [0.15, 0.2) is 24.3 Å². The number of carbonyl (C=O) groups is 2. The molecule has 1 aromatic carbocycles. The van der Waals surface area contributed by atoms with Crippen LogP contribution in [0.4, 0.5) is 0 Å². The summed E-state index contributed by atoms with van der Waals surface area (Å²) in [7, 11) is 0. The summed E-state index contributed by atoms with van der Waals surface area (Å²) in [6.07, 6.45) is 7.97. The Hall–Kier alpha value is -2.81. The quantitative estimate of drug-likeness (QED) is 0.657. The molecule has 25 heavy (non-hydrogen) atoms. The molecule has 130 valence electrons. The van der Waals surface area contributed by atoms with Gasteiger partial charge < -0.3 is 14.8 Å². The minimum absolute atomic E-state index is 0.0720. The smallest absolute Gasteiger partial charge is 0.245 e. The summed E-state index contributed by atoms with van der Waals surface area (Å²) in [6.45, 7) is 0.180. The first kappa shape index (κ1) is 17.0. The van der Waals surface area contributed by atoms with Gasteiger partial charge in [-0.15, -0.1) is 0 Å². The molecule has 1 aliphatic carbocycles. The summed E-state index contributed by atoms with van der Waals surface area (Å²) in [6, 6.07) is 7.16.